The van der Waals surface area contributed by atoms with Gasteiger partial charge in [0, 0.05) is 6.20 Å². The van der Waals surface area contributed by atoms with Crippen molar-refractivity contribution in [1.82, 2.24) is 4.98 Å². The maximum Gasteiger partial charge on any atom is 0.255 e. The smallest absolute Gasteiger partial charge is 0.255 e. The van der Waals surface area contributed by atoms with E-state index in [0.717, 1.165) is 6.07 Å². The van der Waals surface area contributed by atoms with Crippen molar-refractivity contribution in [3.63, 3.8) is 0 Å². The second-order valence-corrected chi connectivity index (χ2v) is 4.83. The van der Waals surface area contributed by atoms with Crippen molar-refractivity contribution in [3.8, 4) is 17.4 Å². The molecule has 0 fully saturated rings. The molecule has 0 unspecified atom stereocenters. The average Bonchev–Trinajstić information content (AvgIpc) is 2.43. The van der Waals surface area contributed by atoms with Gasteiger partial charge < -0.3 is 9.47 Å². The molecule has 1 aromatic heterocycles. The molecular formula is C14H10Cl2FNO3. The molecule has 21 heavy (non-hydrogen) atoms. The third-order valence-corrected chi connectivity index (χ3v) is 2.78. The zero-order chi connectivity index (χ0) is 15.2. The molecule has 0 amide bonds. The number of aromatic nitrogens is 1. The fraction of sp³-hybridized carbons (Fsp3) is 0.143. The third-order valence-electron chi connectivity index (χ3n) is 2.38. The highest BCUT2D eigenvalue weighted by Crippen LogP contribution is 2.25. The fourth-order valence-corrected chi connectivity index (χ4v) is 1.66. The topological polar surface area (TPSA) is 48.4 Å². The molecule has 4 nitrogen and oxygen atoms in total. The van der Waals surface area contributed by atoms with E-state index in [1.807, 2.05) is 0 Å². The number of carbonyl (C=O) groups excluding carboxylic acids is 1. The highest BCUT2D eigenvalue weighted by molar-refractivity contribution is 6.63. The Morgan fingerprint density at radius 1 is 1.24 bits per heavy atom. The molecule has 0 saturated heterocycles. The molecule has 0 N–H and O–H groups in total. The van der Waals surface area contributed by atoms with Gasteiger partial charge in [-0.3, -0.25) is 4.79 Å². The van der Waals surface area contributed by atoms with Crippen molar-refractivity contribution in [2.24, 2.45) is 0 Å². The number of halogens is 3. The normalized spacial score (nSPS) is 10.2. The molecule has 0 bridgehead atoms. The summed E-state index contributed by atoms with van der Waals surface area (Å²) in [6.45, 7) is 0.190. The van der Waals surface area contributed by atoms with Crippen LogP contribution in [0.2, 0.25) is 5.02 Å². The van der Waals surface area contributed by atoms with Crippen molar-refractivity contribution in [1.29, 1.82) is 0 Å². The predicted octanol–water partition coefficient (Wildman–Crippen LogP) is 4.20. The average molecular weight is 330 g/mol. The third kappa shape index (κ3) is 4.88. The Kier molecular flexibility index (Phi) is 5.36. The van der Waals surface area contributed by atoms with E-state index in [1.54, 1.807) is 24.3 Å². The molecular weight excluding hydrogens is 320 g/mol. The number of pyridine rings is 1. The molecule has 0 aliphatic heterocycles. The first-order valence-electron chi connectivity index (χ1n) is 5.94. The van der Waals surface area contributed by atoms with Crippen molar-refractivity contribution in [3.05, 3.63) is 47.4 Å². The summed E-state index contributed by atoms with van der Waals surface area (Å²) in [6, 6.07) is 7.55. The maximum absolute atomic E-state index is 13.5. The van der Waals surface area contributed by atoms with Crippen LogP contribution in [0.15, 0.2) is 36.5 Å². The van der Waals surface area contributed by atoms with Crippen LogP contribution in [0.5, 0.6) is 17.4 Å². The van der Waals surface area contributed by atoms with Gasteiger partial charge in [-0.1, -0.05) is 11.6 Å². The molecule has 0 aliphatic carbocycles. The van der Waals surface area contributed by atoms with Crippen molar-refractivity contribution in [2.75, 3.05) is 6.61 Å². The zero-order valence-electron chi connectivity index (χ0n) is 10.7. The Morgan fingerprint density at radius 2 is 1.90 bits per heavy atom. The quantitative estimate of drug-likeness (QED) is 0.745. The summed E-state index contributed by atoms with van der Waals surface area (Å²) in [4.78, 5) is 14.3. The fourth-order valence-electron chi connectivity index (χ4n) is 1.44. The molecule has 1 aromatic carbocycles. The monoisotopic (exact) mass is 329 g/mol. The lowest BCUT2D eigenvalue weighted by Crippen LogP contribution is -2.01. The molecule has 2 rings (SSSR count). The van der Waals surface area contributed by atoms with Crippen molar-refractivity contribution >= 4 is 28.4 Å². The number of benzene rings is 1. The number of hydrogen-bond acceptors (Lipinski definition) is 4. The highest BCUT2D eigenvalue weighted by Gasteiger charge is 2.07. The molecule has 0 spiro atoms. The van der Waals surface area contributed by atoms with Gasteiger partial charge in [-0.05, 0) is 41.9 Å². The van der Waals surface area contributed by atoms with Crippen LogP contribution in [0, 0.1) is 5.82 Å². The SMILES string of the molecule is O=C(Cl)CCOc1ccc(Oc2ncc(Cl)cc2F)cc1. The minimum atomic E-state index is -0.650. The zero-order valence-corrected chi connectivity index (χ0v) is 12.2. The minimum absolute atomic E-state index is 0.125. The van der Waals surface area contributed by atoms with E-state index in [4.69, 9.17) is 32.7 Å². The van der Waals surface area contributed by atoms with E-state index in [2.05, 4.69) is 4.98 Å². The van der Waals surface area contributed by atoms with E-state index in [1.165, 1.54) is 6.20 Å². The van der Waals surface area contributed by atoms with E-state index in [0.29, 0.717) is 11.5 Å². The van der Waals surface area contributed by atoms with E-state index in [9.17, 15) is 9.18 Å². The summed E-state index contributed by atoms with van der Waals surface area (Å²) in [6.07, 6.45) is 1.42. The Labute approximate surface area is 130 Å². The summed E-state index contributed by atoms with van der Waals surface area (Å²) in [7, 11) is 0. The van der Waals surface area contributed by atoms with Gasteiger partial charge in [0.25, 0.3) is 5.88 Å². The number of rotatable bonds is 6. The number of hydrogen-bond donors (Lipinski definition) is 0. The second-order valence-electron chi connectivity index (χ2n) is 3.97. The van der Waals surface area contributed by atoms with Crippen LogP contribution in [0.3, 0.4) is 0 Å². The number of ether oxygens (including phenoxy) is 2. The van der Waals surface area contributed by atoms with Gasteiger partial charge in [-0.25, -0.2) is 9.37 Å². The van der Waals surface area contributed by atoms with Crippen LogP contribution in [0.25, 0.3) is 0 Å². The highest BCUT2D eigenvalue weighted by atomic mass is 35.5. The summed E-state index contributed by atoms with van der Waals surface area (Å²) in [5, 5.41) is -0.267. The molecule has 110 valence electrons. The molecule has 0 aliphatic rings. The van der Waals surface area contributed by atoms with Gasteiger partial charge >= 0.3 is 0 Å². The van der Waals surface area contributed by atoms with Gasteiger partial charge in [-0.2, -0.15) is 0 Å². The lowest BCUT2D eigenvalue weighted by Gasteiger charge is -2.08. The first-order chi connectivity index (χ1) is 10.0. The van der Waals surface area contributed by atoms with Crippen LogP contribution in [-0.2, 0) is 4.79 Å². The van der Waals surface area contributed by atoms with E-state index in [-0.39, 0.29) is 23.9 Å². The first kappa shape index (κ1) is 15.5. The van der Waals surface area contributed by atoms with Gasteiger partial charge in [0.05, 0.1) is 18.1 Å². The summed E-state index contributed by atoms with van der Waals surface area (Å²) >= 11 is 10.8. The van der Waals surface area contributed by atoms with Gasteiger partial charge in [0.15, 0.2) is 5.82 Å². The standard InChI is InChI=1S/C14H10Cl2FNO3/c15-9-7-12(17)14(18-8-9)21-11-3-1-10(2-4-11)20-6-5-13(16)19/h1-4,7-8H,5-6H2. The second kappa shape index (κ2) is 7.24. The van der Waals surface area contributed by atoms with Crippen molar-refractivity contribution in [2.45, 2.75) is 6.42 Å². The molecule has 0 saturated carbocycles. The van der Waals surface area contributed by atoms with Gasteiger partial charge in [0.2, 0.25) is 5.24 Å². The lowest BCUT2D eigenvalue weighted by molar-refractivity contribution is -0.112. The Balaban J connectivity index is 1.97. The Hall–Kier alpha value is -1.85. The predicted molar refractivity (Wildman–Crippen MR) is 76.7 cm³/mol. The molecule has 2 aromatic rings. The van der Waals surface area contributed by atoms with Crippen molar-refractivity contribution < 1.29 is 18.7 Å². The first-order valence-corrected chi connectivity index (χ1v) is 6.70. The maximum atomic E-state index is 13.5. The number of nitrogens with zero attached hydrogens (tertiary/aromatic N) is 1. The van der Waals surface area contributed by atoms with Crippen LogP contribution >= 0.6 is 23.2 Å². The Morgan fingerprint density at radius 3 is 2.52 bits per heavy atom. The van der Waals surface area contributed by atoms with Gasteiger partial charge in [-0.15, -0.1) is 0 Å². The largest absolute Gasteiger partial charge is 0.493 e. The van der Waals surface area contributed by atoms with Crippen LogP contribution < -0.4 is 9.47 Å². The Bertz CT molecular complexity index is 635. The summed E-state index contributed by atoms with van der Waals surface area (Å²) < 4.78 is 24.1. The van der Waals surface area contributed by atoms with Gasteiger partial charge in [0.1, 0.15) is 11.5 Å². The molecule has 0 radical (unpaired) electrons. The van der Waals surface area contributed by atoms with E-state index < -0.39 is 11.1 Å². The van der Waals surface area contributed by atoms with Crippen LogP contribution in [0.4, 0.5) is 4.39 Å². The molecule has 7 heteroatoms. The summed E-state index contributed by atoms with van der Waals surface area (Å²) in [5.74, 6) is 0.124. The number of carbonyl (C=O) groups is 1. The molecule has 0 atom stereocenters. The molecule has 1 heterocycles. The lowest BCUT2D eigenvalue weighted by atomic mass is 10.3. The summed E-state index contributed by atoms with van der Waals surface area (Å²) in [5.41, 5.74) is 0. The van der Waals surface area contributed by atoms with Crippen LogP contribution in [-0.4, -0.2) is 16.8 Å². The van der Waals surface area contributed by atoms with E-state index >= 15 is 0 Å². The minimum Gasteiger partial charge on any atom is -0.493 e. The van der Waals surface area contributed by atoms with Crippen LogP contribution in [0.1, 0.15) is 6.42 Å².